The van der Waals surface area contributed by atoms with Crippen molar-refractivity contribution in [2.75, 3.05) is 0 Å². The molecule has 0 saturated heterocycles. The largest absolute Gasteiger partial charge is 0.534 e. The minimum atomic E-state index is -5.76. The van der Waals surface area contributed by atoms with Gasteiger partial charge in [0.25, 0.3) is 0 Å². The Kier molecular flexibility index (Phi) is 4.20. The molecule has 130 valence electrons. The van der Waals surface area contributed by atoms with E-state index in [2.05, 4.69) is 4.18 Å². The summed E-state index contributed by atoms with van der Waals surface area (Å²) in [4.78, 5) is 0. The maximum absolute atomic E-state index is 12.7. The van der Waals surface area contributed by atoms with Gasteiger partial charge in [-0.2, -0.15) is 21.6 Å². The minimum absolute atomic E-state index is 0.309. The van der Waals surface area contributed by atoms with E-state index in [0.29, 0.717) is 16.5 Å². The number of aryl methyl sites for hydroxylation is 1. The molecular weight excluding hydrogens is 353 g/mol. The Morgan fingerprint density at radius 3 is 2.20 bits per heavy atom. The van der Waals surface area contributed by atoms with Crippen molar-refractivity contribution < 1.29 is 25.8 Å². The van der Waals surface area contributed by atoms with Crippen LogP contribution in [0.5, 0.6) is 5.75 Å². The quantitative estimate of drug-likeness (QED) is 0.482. The van der Waals surface area contributed by atoms with Crippen molar-refractivity contribution in [1.29, 1.82) is 0 Å². The monoisotopic (exact) mass is 366 g/mol. The number of alkyl halides is 3. The second-order valence-electron chi connectivity index (χ2n) is 5.46. The molecule has 3 aromatic rings. The molecule has 0 bridgehead atoms. The normalized spacial score (nSPS) is 12.3. The maximum Gasteiger partial charge on any atom is 0.534 e. The van der Waals surface area contributed by atoms with Gasteiger partial charge >= 0.3 is 15.6 Å². The molecule has 0 heterocycles. The first-order chi connectivity index (χ1) is 11.7. The van der Waals surface area contributed by atoms with Crippen LogP contribution in [-0.2, 0) is 10.1 Å². The SMILES string of the molecule is Cc1ccccc1-c1c(OS(=O)(=O)C(F)(F)F)ccc2ccccc12. The maximum atomic E-state index is 12.7. The van der Waals surface area contributed by atoms with Crippen LogP contribution in [0, 0.1) is 6.92 Å². The zero-order valence-corrected chi connectivity index (χ0v) is 13.9. The van der Waals surface area contributed by atoms with Crippen LogP contribution < -0.4 is 4.18 Å². The standard InChI is InChI=1S/C18H13F3O3S/c1-12-6-2-4-8-14(12)17-15-9-5-3-7-13(15)10-11-16(17)24-25(22,23)18(19,20)21/h2-11H,1H3. The van der Waals surface area contributed by atoms with Crippen molar-refractivity contribution >= 4 is 20.9 Å². The van der Waals surface area contributed by atoms with E-state index in [1.54, 1.807) is 55.5 Å². The molecule has 0 atom stereocenters. The molecule has 0 amide bonds. The Labute approximate surface area is 142 Å². The summed E-state index contributed by atoms with van der Waals surface area (Å²) in [6.07, 6.45) is 0. The average molecular weight is 366 g/mol. The molecule has 3 aromatic carbocycles. The van der Waals surface area contributed by atoms with Crippen LogP contribution in [0.25, 0.3) is 21.9 Å². The van der Waals surface area contributed by atoms with E-state index in [9.17, 15) is 21.6 Å². The van der Waals surface area contributed by atoms with Gasteiger partial charge in [0.1, 0.15) is 0 Å². The van der Waals surface area contributed by atoms with Gasteiger partial charge in [-0.3, -0.25) is 0 Å². The van der Waals surface area contributed by atoms with Gasteiger partial charge in [-0.05, 0) is 34.9 Å². The van der Waals surface area contributed by atoms with Crippen LogP contribution in [-0.4, -0.2) is 13.9 Å². The first-order valence-electron chi connectivity index (χ1n) is 7.29. The third kappa shape index (κ3) is 3.19. The number of benzene rings is 3. The first-order valence-corrected chi connectivity index (χ1v) is 8.70. The second-order valence-corrected chi connectivity index (χ2v) is 7.00. The fourth-order valence-corrected chi connectivity index (χ4v) is 3.09. The fraction of sp³-hybridized carbons (Fsp3) is 0.111. The van der Waals surface area contributed by atoms with Crippen molar-refractivity contribution in [3.05, 3.63) is 66.2 Å². The molecule has 25 heavy (non-hydrogen) atoms. The number of fused-ring (bicyclic) bond motifs is 1. The molecule has 0 N–H and O–H groups in total. The van der Waals surface area contributed by atoms with Gasteiger partial charge < -0.3 is 4.18 Å². The topological polar surface area (TPSA) is 43.4 Å². The lowest BCUT2D eigenvalue weighted by Crippen LogP contribution is -2.28. The molecule has 0 unspecified atom stereocenters. The number of hydrogen-bond donors (Lipinski definition) is 0. The van der Waals surface area contributed by atoms with Crippen molar-refractivity contribution in [3.63, 3.8) is 0 Å². The molecule has 0 aliphatic heterocycles. The molecule has 0 aromatic heterocycles. The summed E-state index contributed by atoms with van der Waals surface area (Å²) >= 11 is 0. The molecule has 3 rings (SSSR count). The zero-order chi connectivity index (χ0) is 18.2. The van der Waals surface area contributed by atoms with Crippen molar-refractivity contribution in [2.45, 2.75) is 12.4 Å². The second kappa shape index (κ2) is 6.07. The molecular formula is C18H13F3O3S. The Balaban J connectivity index is 2.30. The van der Waals surface area contributed by atoms with Crippen LogP contribution in [0.3, 0.4) is 0 Å². The summed E-state index contributed by atoms with van der Waals surface area (Å²) in [6.45, 7) is 1.79. The summed E-state index contributed by atoms with van der Waals surface area (Å²) in [5, 5.41) is 1.36. The summed E-state index contributed by atoms with van der Waals surface area (Å²) in [5.74, 6) is -0.356. The molecule has 3 nitrogen and oxygen atoms in total. The van der Waals surface area contributed by atoms with Crippen molar-refractivity contribution in [1.82, 2.24) is 0 Å². The lowest BCUT2D eigenvalue weighted by atomic mass is 9.94. The Morgan fingerprint density at radius 1 is 0.880 bits per heavy atom. The van der Waals surface area contributed by atoms with Crippen molar-refractivity contribution in [2.24, 2.45) is 0 Å². The minimum Gasteiger partial charge on any atom is -0.375 e. The van der Waals surface area contributed by atoms with Gasteiger partial charge in [-0.25, -0.2) is 0 Å². The third-order valence-electron chi connectivity index (χ3n) is 3.79. The lowest BCUT2D eigenvalue weighted by Gasteiger charge is -2.16. The molecule has 0 radical (unpaired) electrons. The van der Waals surface area contributed by atoms with Crippen LogP contribution in [0.15, 0.2) is 60.7 Å². The highest BCUT2D eigenvalue weighted by Crippen LogP contribution is 2.40. The molecule has 0 fully saturated rings. The molecule has 7 heteroatoms. The van der Waals surface area contributed by atoms with Gasteiger partial charge in [-0.1, -0.05) is 54.6 Å². The van der Waals surface area contributed by atoms with Crippen LogP contribution >= 0.6 is 0 Å². The predicted octanol–water partition coefficient (Wildman–Crippen LogP) is 5.04. The first kappa shape index (κ1) is 17.3. The smallest absolute Gasteiger partial charge is 0.375 e. The molecule has 0 aliphatic rings. The molecule has 0 saturated carbocycles. The lowest BCUT2D eigenvalue weighted by molar-refractivity contribution is -0.0499. The van der Waals surface area contributed by atoms with E-state index >= 15 is 0 Å². The van der Waals surface area contributed by atoms with Crippen LogP contribution in [0.1, 0.15) is 5.56 Å². The van der Waals surface area contributed by atoms with Crippen LogP contribution in [0.4, 0.5) is 13.2 Å². The Morgan fingerprint density at radius 2 is 1.52 bits per heavy atom. The molecule has 0 spiro atoms. The van der Waals surface area contributed by atoms with E-state index in [-0.39, 0.29) is 5.75 Å². The number of halogens is 3. The highest BCUT2D eigenvalue weighted by molar-refractivity contribution is 7.88. The van der Waals surface area contributed by atoms with Gasteiger partial charge in [0, 0.05) is 5.56 Å². The summed E-state index contributed by atoms with van der Waals surface area (Å²) in [6, 6.07) is 16.8. The fourth-order valence-electron chi connectivity index (χ4n) is 2.62. The van der Waals surface area contributed by atoms with E-state index in [1.807, 2.05) is 0 Å². The van der Waals surface area contributed by atoms with E-state index in [0.717, 1.165) is 10.9 Å². The number of hydrogen-bond acceptors (Lipinski definition) is 3. The predicted molar refractivity (Wildman–Crippen MR) is 89.7 cm³/mol. The van der Waals surface area contributed by atoms with Gasteiger partial charge in [0.15, 0.2) is 5.75 Å². The van der Waals surface area contributed by atoms with Crippen molar-refractivity contribution in [3.8, 4) is 16.9 Å². The van der Waals surface area contributed by atoms with E-state index in [4.69, 9.17) is 0 Å². The van der Waals surface area contributed by atoms with Gasteiger partial charge in [0.2, 0.25) is 0 Å². The average Bonchev–Trinajstić information content (AvgIpc) is 2.54. The molecule has 0 aliphatic carbocycles. The highest BCUT2D eigenvalue weighted by Gasteiger charge is 2.48. The van der Waals surface area contributed by atoms with E-state index in [1.165, 1.54) is 12.1 Å². The van der Waals surface area contributed by atoms with Gasteiger partial charge in [-0.15, -0.1) is 0 Å². The summed E-state index contributed by atoms with van der Waals surface area (Å²) in [7, 11) is -5.76. The summed E-state index contributed by atoms with van der Waals surface area (Å²) in [5.41, 5.74) is -3.80. The highest BCUT2D eigenvalue weighted by atomic mass is 32.2. The summed E-state index contributed by atoms with van der Waals surface area (Å²) < 4.78 is 65.6. The number of rotatable bonds is 3. The zero-order valence-electron chi connectivity index (χ0n) is 13.0. The Bertz CT molecular complexity index is 1040. The van der Waals surface area contributed by atoms with Gasteiger partial charge in [0.05, 0.1) is 0 Å². The van der Waals surface area contributed by atoms with E-state index < -0.39 is 15.6 Å². The third-order valence-corrected chi connectivity index (χ3v) is 4.75. The Hall–Kier alpha value is -2.54. The van der Waals surface area contributed by atoms with Crippen LogP contribution in [0.2, 0.25) is 0 Å².